The van der Waals surface area contributed by atoms with Gasteiger partial charge < -0.3 is 9.64 Å². The Morgan fingerprint density at radius 2 is 2.03 bits per heavy atom. The number of ether oxygens (including phenoxy) is 1. The molecule has 0 saturated carbocycles. The first kappa shape index (κ1) is 22.7. The van der Waals surface area contributed by atoms with E-state index in [-0.39, 0.29) is 6.09 Å². The van der Waals surface area contributed by atoms with Crippen LogP contribution in [0.25, 0.3) is 0 Å². The van der Waals surface area contributed by atoms with Gasteiger partial charge in [0.25, 0.3) is 0 Å². The van der Waals surface area contributed by atoms with Crippen molar-refractivity contribution < 1.29 is 9.53 Å². The van der Waals surface area contributed by atoms with E-state index in [4.69, 9.17) is 44.8 Å². The van der Waals surface area contributed by atoms with Gasteiger partial charge in [0.1, 0.15) is 6.07 Å². The molecule has 0 bridgehead atoms. The van der Waals surface area contributed by atoms with Gasteiger partial charge in [-0.3, -0.25) is 0 Å². The third kappa shape index (κ3) is 5.60. The number of hydrogen-bond donors (Lipinski definition) is 0. The average molecular weight is 466 g/mol. The summed E-state index contributed by atoms with van der Waals surface area (Å²) in [7, 11) is 1.41. The number of carbonyl (C=O) groups excluding carboxylic acids is 1. The monoisotopic (exact) mass is 464 g/mol. The van der Waals surface area contributed by atoms with E-state index in [0.29, 0.717) is 45.6 Å². The maximum atomic E-state index is 11.9. The minimum Gasteiger partial charge on any atom is -0.453 e. The van der Waals surface area contributed by atoms with E-state index >= 15 is 0 Å². The van der Waals surface area contributed by atoms with Crippen LogP contribution in [0.15, 0.2) is 36.4 Å². The molecule has 0 spiro atoms. The zero-order valence-electron chi connectivity index (χ0n) is 16.7. The van der Waals surface area contributed by atoms with Gasteiger partial charge in [-0.05, 0) is 79.0 Å². The van der Waals surface area contributed by atoms with Crippen LogP contribution in [-0.4, -0.2) is 31.2 Å². The third-order valence-corrected chi connectivity index (χ3v) is 6.69. The van der Waals surface area contributed by atoms with E-state index in [1.807, 2.05) is 24.3 Å². The first-order chi connectivity index (χ1) is 14.4. The predicted octanol–water partition coefficient (Wildman–Crippen LogP) is 6.40. The zero-order valence-corrected chi connectivity index (χ0v) is 19.0. The molecule has 2 atom stereocenters. The second kappa shape index (κ2) is 10.4. The van der Waals surface area contributed by atoms with E-state index in [1.165, 1.54) is 7.11 Å². The van der Waals surface area contributed by atoms with Crippen molar-refractivity contribution in [1.82, 2.24) is 4.90 Å². The number of benzene rings is 2. The minimum atomic E-state index is -0.282. The van der Waals surface area contributed by atoms with E-state index in [1.54, 1.807) is 17.0 Å². The van der Waals surface area contributed by atoms with E-state index in [2.05, 4.69) is 6.07 Å². The number of nitriles is 1. The highest BCUT2D eigenvalue weighted by atomic mass is 35.5. The summed E-state index contributed by atoms with van der Waals surface area (Å²) in [6, 6.07) is 13.2. The van der Waals surface area contributed by atoms with Crippen molar-refractivity contribution in [1.29, 1.82) is 5.26 Å². The van der Waals surface area contributed by atoms with Crippen LogP contribution in [0.1, 0.15) is 29.5 Å². The Morgan fingerprint density at radius 3 is 2.73 bits per heavy atom. The van der Waals surface area contributed by atoms with Gasteiger partial charge in [-0.2, -0.15) is 5.26 Å². The molecule has 3 rings (SSSR count). The van der Waals surface area contributed by atoms with Crippen molar-refractivity contribution in [2.45, 2.75) is 25.7 Å². The molecule has 2 aromatic rings. The quantitative estimate of drug-likeness (QED) is 0.496. The SMILES string of the molecule is COC(=O)N1CCC(C(CCc2ccc(C#N)c(Cl)c2)Cc2cc(Cl)ccc2Cl)C1. The van der Waals surface area contributed by atoms with Crippen LogP contribution < -0.4 is 0 Å². The van der Waals surface area contributed by atoms with Gasteiger partial charge >= 0.3 is 6.09 Å². The molecule has 1 aliphatic rings. The predicted molar refractivity (Wildman–Crippen MR) is 120 cm³/mol. The molecular weight excluding hydrogens is 443 g/mol. The highest BCUT2D eigenvalue weighted by Crippen LogP contribution is 2.33. The highest BCUT2D eigenvalue weighted by Gasteiger charge is 2.32. The Balaban J connectivity index is 1.77. The average Bonchev–Trinajstić information content (AvgIpc) is 3.23. The van der Waals surface area contributed by atoms with E-state index < -0.39 is 0 Å². The van der Waals surface area contributed by atoms with Crippen molar-refractivity contribution in [3.63, 3.8) is 0 Å². The Kier molecular flexibility index (Phi) is 7.88. The molecule has 30 heavy (non-hydrogen) atoms. The zero-order chi connectivity index (χ0) is 21.7. The smallest absolute Gasteiger partial charge is 0.409 e. The van der Waals surface area contributed by atoms with Gasteiger partial charge in [-0.1, -0.05) is 40.9 Å². The summed E-state index contributed by atoms with van der Waals surface area (Å²) in [4.78, 5) is 13.7. The molecule has 1 heterocycles. The maximum Gasteiger partial charge on any atom is 0.409 e. The molecule has 0 aromatic heterocycles. The number of halogens is 3. The molecule has 2 unspecified atom stereocenters. The van der Waals surface area contributed by atoms with Crippen LogP contribution in [0, 0.1) is 23.2 Å². The third-order valence-electron chi connectivity index (χ3n) is 5.77. The molecular formula is C23H23Cl3N2O2. The molecule has 1 fully saturated rings. The summed E-state index contributed by atoms with van der Waals surface area (Å²) in [6.45, 7) is 1.36. The van der Waals surface area contributed by atoms with Crippen molar-refractivity contribution in [3.05, 3.63) is 68.2 Å². The van der Waals surface area contributed by atoms with E-state index in [9.17, 15) is 4.79 Å². The van der Waals surface area contributed by atoms with Crippen molar-refractivity contribution in [3.8, 4) is 6.07 Å². The number of aryl methyl sites for hydroxylation is 1. The van der Waals surface area contributed by atoms with E-state index in [0.717, 1.165) is 36.8 Å². The number of carbonyl (C=O) groups is 1. The van der Waals surface area contributed by atoms with Gasteiger partial charge in [0.05, 0.1) is 17.7 Å². The lowest BCUT2D eigenvalue weighted by molar-refractivity contribution is 0.130. The molecule has 0 aliphatic carbocycles. The minimum absolute atomic E-state index is 0.282. The van der Waals surface area contributed by atoms with Gasteiger partial charge in [0.2, 0.25) is 0 Å². The fourth-order valence-corrected chi connectivity index (χ4v) is 4.75. The standard InChI is InChI=1S/C23H23Cl3N2O2/c1-30-23(29)28-9-8-18(14-28)16(11-19-12-20(24)6-7-21(19)25)4-2-15-3-5-17(13-27)22(26)10-15/h3,5-7,10,12,16,18H,2,4,8-9,11,14H2,1H3. The number of rotatable bonds is 6. The number of hydrogen-bond acceptors (Lipinski definition) is 3. The molecule has 158 valence electrons. The molecule has 4 nitrogen and oxygen atoms in total. The molecule has 1 amide bonds. The fraction of sp³-hybridized carbons (Fsp3) is 0.391. The molecule has 2 aromatic carbocycles. The topological polar surface area (TPSA) is 53.3 Å². The summed E-state index contributed by atoms with van der Waals surface area (Å²) in [5.41, 5.74) is 2.58. The summed E-state index contributed by atoms with van der Waals surface area (Å²) in [6.07, 6.45) is 3.15. The van der Waals surface area contributed by atoms with Gasteiger partial charge in [-0.15, -0.1) is 0 Å². The van der Waals surface area contributed by atoms with Crippen molar-refractivity contribution in [2.24, 2.45) is 11.8 Å². The fourth-order valence-electron chi connectivity index (χ4n) is 4.11. The second-order valence-corrected chi connectivity index (χ2v) is 8.88. The molecule has 1 saturated heterocycles. The first-order valence-corrected chi connectivity index (χ1v) is 11.0. The van der Waals surface area contributed by atoms with Gasteiger partial charge in [-0.25, -0.2) is 4.79 Å². The normalized spacial score (nSPS) is 16.9. The van der Waals surface area contributed by atoms with Crippen LogP contribution in [0.5, 0.6) is 0 Å². The number of amides is 1. The van der Waals surface area contributed by atoms with Crippen LogP contribution in [0.3, 0.4) is 0 Å². The second-order valence-electron chi connectivity index (χ2n) is 7.63. The number of methoxy groups -OCH3 is 1. The maximum absolute atomic E-state index is 11.9. The lowest BCUT2D eigenvalue weighted by atomic mass is 9.82. The van der Waals surface area contributed by atoms with Crippen molar-refractivity contribution >= 4 is 40.9 Å². The van der Waals surface area contributed by atoms with Crippen LogP contribution in [-0.2, 0) is 17.6 Å². The number of likely N-dealkylation sites (tertiary alicyclic amines) is 1. The summed E-state index contributed by atoms with van der Waals surface area (Å²) >= 11 is 18.8. The Bertz CT molecular complexity index is 958. The largest absolute Gasteiger partial charge is 0.453 e. The molecule has 1 aliphatic heterocycles. The van der Waals surface area contributed by atoms with Crippen LogP contribution >= 0.6 is 34.8 Å². The van der Waals surface area contributed by atoms with Crippen LogP contribution in [0.2, 0.25) is 15.1 Å². The first-order valence-electron chi connectivity index (χ1n) is 9.86. The Labute approximate surface area is 192 Å². The number of nitrogens with zero attached hydrogens (tertiary/aromatic N) is 2. The van der Waals surface area contributed by atoms with Crippen molar-refractivity contribution in [2.75, 3.05) is 20.2 Å². The molecule has 0 N–H and O–H groups in total. The van der Waals surface area contributed by atoms with Gasteiger partial charge in [0, 0.05) is 23.1 Å². The Hall–Kier alpha value is -1.93. The lowest BCUT2D eigenvalue weighted by Gasteiger charge is -2.25. The Morgan fingerprint density at radius 1 is 1.23 bits per heavy atom. The van der Waals surface area contributed by atoms with Crippen LogP contribution in [0.4, 0.5) is 4.79 Å². The summed E-state index contributed by atoms with van der Waals surface area (Å²) in [5, 5.41) is 10.9. The van der Waals surface area contributed by atoms with Gasteiger partial charge in [0.15, 0.2) is 0 Å². The summed E-state index contributed by atoms with van der Waals surface area (Å²) in [5.74, 6) is 0.651. The summed E-state index contributed by atoms with van der Waals surface area (Å²) < 4.78 is 4.89. The lowest BCUT2D eigenvalue weighted by Crippen LogP contribution is -2.30. The molecule has 7 heteroatoms. The highest BCUT2D eigenvalue weighted by molar-refractivity contribution is 6.33. The molecule has 0 radical (unpaired) electrons.